The molecule has 1 aromatic carbocycles. The fourth-order valence-corrected chi connectivity index (χ4v) is 2.49. The van der Waals surface area contributed by atoms with Gasteiger partial charge in [0, 0.05) is 11.6 Å². The molecule has 0 spiro atoms. The molecule has 98 valence electrons. The molecule has 18 heavy (non-hydrogen) atoms. The molecule has 1 unspecified atom stereocenters. The maximum atomic E-state index is 6.03. The number of methoxy groups -OCH3 is 1. The van der Waals surface area contributed by atoms with Crippen molar-refractivity contribution in [3.05, 3.63) is 23.8 Å². The molecule has 0 aliphatic carbocycles. The Balaban J connectivity index is 1.89. The third-order valence-electron chi connectivity index (χ3n) is 3.56. The fraction of sp³-hybridized carbons (Fsp3) is 0.571. The van der Waals surface area contributed by atoms with Gasteiger partial charge in [-0.15, -0.1) is 0 Å². The van der Waals surface area contributed by atoms with Gasteiger partial charge in [0.25, 0.3) is 0 Å². The molecular weight excluding hydrogens is 230 g/mol. The number of ether oxygens (including phenoxy) is 3. The number of hydrogen-bond acceptors (Lipinski definition) is 4. The summed E-state index contributed by atoms with van der Waals surface area (Å²) >= 11 is 0. The lowest BCUT2D eigenvalue weighted by Crippen LogP contribution is -2.39. The number of rotatable bonds is 4. The van der Waals surface area contributed by atoms with Gasteiger partial charge in [0.15, 0.2) is 11.5 Å². The first-order valence-electron chi connectivity index (χ1n) is 6.53. The zero-order valence-electron chi connectivity index (χ0n) is 10.6. The van der Waals surface area contributed by atoms with Crippen molar-refractivity contribution in [2.45, 2.75) is 25.0 Å². The van der Waals surface area contributed by atoms with Gasteiger partial charge in [-0.25, -0.2) is 0 Å². The summed E-state index contributed by atoms with van der Waals surface area (Å²) in [7, 11) is 1.69. The van der Waals surface area contributed by atoms with Crippen LogP contribution in [-0.2, 0) is 4.74 Å². The van der Waals surface area contributed by atoms with Crippen LogP contribution < -0.4 is 14.8 Å². The number of para-hydroxylation sites is 1. The predicted octanol–water partition coefficient (Wildman–Crippen LogP) is 1.90. The average Bonchev–Trinajstić information content (AvgIpc) is 2.87. The van der Waals surface area contributed by atoms with Crippen LogP contribution in [-0.4, -0.2) is 33.0 Å². The monoisotopic (exact) mass is 249 g/mol. The van der Waals surface area contributed by atoms with Crippen molar-refractivity contribution in [1.29, 1.82) is 0 Å². The van der Waals surface area contributed by atoms with Gasteiger partial charge in [0.1, 0.15) is 6.10 Å². The largest absolute Gasteiger partial charge is 0.493 e. The van der Waals surface area contributed by atoms with E-state index < -0.39 is 0 Å². The third kappa shape index (κ3) is 2.18. The average molecular weight is 249 g/mol. The van der Waals surface area contributed by atoms with Crippen LogP contribution in [0.1, 0.15) is 24.4 Å². The Morgan fingerprint density at radius 3 is 2.83 bits per heavy atom. The highest BCUT2D eigenvalue weighted by Crippen LogP contribution is 2.38. The lowest BCUT2D eigenvalue weighted by atomic mass is 10.0. The van der Waals surface area contributed by atoms with E-state index in [0.717, 1.165) is 24.5 Å². The molecule has 2 heterocycles. The van der Waals surface area contributed by atoms with E-state index in [9.17, 15) is 0 Å². The normalized spacial score (nSPS) is 23.7. The van der Waals surface area contributed by atoms with Gasteiger partial charge in [0.05, 0.1) is 20.3 Å². The van der Waals surface area contributed by atoms with Crippen LogP contribution in [0.4, 0.5) is 0 Å². The summed E-state index contributed by atoms with van der Waals surface area (Å²) in [6.45, 7) is 2.43. The van der Waals surface area contributed by atoms with Crippen LogP contribution in [0, 0.1) is 0 Å². The molecule has 0 bridgehead atoms. The van der Waals surface area contributed by atoms with Gasteiger partial charge in [-0.05, 0) is 25.5 Å². The predicted molar refractivity (Wildman–Crippen MR) is 68.2 cm³/mol. The number of benzene rings is 1. The zero-order chi connectivity index (χ0) is 12.4. The lowest BCUT2D eigenvalue weighted by molar-refractivity contribution is -0.0807. The van der Waals surface area contributed by atoms with Crippen LogP contribution in [0.2, 0.25) is 0 Å². The molecule has 1 aromatic rings. The molecule has 2 saturated heterocycles. The molecule has 4 heteroatoms. The topological polar surface area (TPSA) is 39.7 Å². The Bertz CT molecular complexity index is 412. The summed E-state index contributed by atoms with van der Waals surface area (Å²) in [5, 5.41) is 3.51. The van der Waals surface area contributed by atoms with Gasteiger partial charge < -0.3 is 19.5 Å². The SMILES string of the molecule is COc1cccc(C2CCCN2)c1OC1COC1. The molecule has 0 aromatic heterocycles. The van der Waals surface area contributed by atoms with E-state index in [1.165, 1.54) is 12.0 Å². The van der Waals surface area contributed by atoms with Crippen LogP contribution in [0.3, 0.4) is 0 Å². The summed E-state index contributed by atoms with van der Waals surface area (Å²) in [5.41, 5.74) is 1.21. The second kappa shape index (κ2) is 5.16. The van der Waals surface area contributed by atoms with Crippen LogP contribution in [0.15, 0.2) is 18.2 Å². The smallest absolute Gasteiger partial charge is 0.166 e. The van der Waals surface area contributed by atoms with Gasteiger partial charge in [-0.2, -0.15) is 0 Å². The molecule has 1 N–H and O–H groups in total. The van der Waals surface area contributed by atoms with Crippen LogP contribution >= 0.6 is 0 Å². The van der Waals surface area contributed by atoms with Crippen molar-refractivity contribution < 1.29 is 14.2 Å². The van der Waals surface area contributed by atoms with Crippen molar-refractivity contribution in [3.63, 3.8) is 0 Å². The van der Waals surface area contributed by atoms with Gasteiger partial charge in [0.2, 0.25) is 0 Å². The molecular formula is C14H19NO3. The molecule has 0 amide bonds. The zero-order valence-corrected chi connectivity index (χ0v) is 10.6. The Labute approximate surface area is 107 Å². The number of nitrogens with one attached hydrogen (secondary N) is 1. The maximum Gasteiger partial charge on any atom is 0.166 e. The van der Waals surface area contributed by atoms with E-state index in [1.807, 2.05) is 12.1 Å². The third-order valence-corrected chi connectivity index (χ3v) is 3.56. The Morgan fingerprint density at radius 2 is 2.22 bits per heavy atom. The highest BCUT2D eigenvalue weighted by molar-refractivity contribution is 5.48. The van der Waals surface area contributed by atoms with E-state index in [2.05, 4.69) is 11.4 Å². The molecule has 2 aliphatic heterocycles. The summed E-state index contributed by atoms with van der Waals surface area (Å²) in [4.78, 5) is 0. The summed E-state index contributed by atoms with van der Waals surface area (Å²) in [6.07, 6.45) is 2.54. The summed E-state index contributed by atoms with van der Waals surface area (Å²) in [5.74, 6) is 1.70. The second-order valence-electron chi connectivity index (χ2n) is 4.80. The van der Waals surface area contributed by atoms with Gasteiger partial charge >= 0.3 is 0 Å². The quantitative estimate of drug-likeness (QED) is 0.884. The Morgan fingerprint density at radius 1 is 1.33 bits per heavy atom. The van der Waals surface area contributed by atoms with E-state index in [0.29, 0.717) is 19.3 Å². The van der Waals surface area contributed by atoms with Crippen molar-refractivity contribution in [1.82, 2.24) is 5.32 Å². The van der Waals surface area contributed by atoms with Crippen molar-refractivity contribution in [2.24, 2.45) is 0 Å². The molecule has 0 saturated carbocycles. The van der Waals surface area contributed by atoms with Crippen LogP contribution in [0.5, 0.6) is 11.5 Å². The summed E-state index contributed by atoms with van der Waals surface area (Å²) in [6, 6.07) is 6.49. The summed E-state index contributed by atoms with van der Waals surface area (Å²) < 4.78 is 16.6. The van der Waals surface area contributed by atoms with Crippen LogP contribution in [0.25, 0.3) is 0 Å². The number of hydrogen-bond donors (Lipinski definition) is 1. The highest BCUT2D eigenvalue weighted by Gasteiger charge is 2.27. The minimum Gasteiger partial charge on any atom is -0.493 e. The van der Waals surface area contributed by atoms with E-state index in [1.54, 1.807) is 7.11 Å². The first-order chi connectivity index (χ1) is 8.88. The Hall–Kier alpha value is -1.26. The van der Waals surface area contributed by atoms with Gasteiger partial charge in [-0.3, -0.25) is 0 Å². The highest BCUT2D eigenvalue weighted by atomic mass is 16.6. The molecule has 3 rings (SSSR count). The second-order valence-corrected chi connectivity index (χ2v) is 4.80. The molecule has 1 atom stereocenters. The first kappa shape index (κ1) is 11.8. The minimum atomic E-state index is 0.168. The molecule has 4 nitrogen and oxygen atoms in total. The molecule has 2 aliphatic rings. The van der Waals surface area contributed by atoms with E-state index in [-0.39, 0.29) is 6.10 Å². The van der Waals surface area contributed by atoms with E-state index in [4.69, 9.17) is 14.2 Å². The lowest BCUT2D eigenvalue weighted by Gasteiger charge is -2.29. The maximum absolute atomic E-state index is 6.03. The first-order valence-corrected chi connectivity index (χ1v) is 6.53. The molecule has 2 fully saturated rings. The van der Waals surface area contributed by atoms with Crippen molar-refractivity contribution >= 4 is 0 Å². The fourth-order valence-electron chi connectivity index (χ4n) is 2.49. The standard InChI is InChI=1S/C14H19NO3/c1-16-13-6-2-4-11(12-5-3-7-15-12)14(13)18-10-8-17-9-10/h2,4,6,10,12,15H,3,5,7-9H2,1H3. The van der Waals surface area contributed by atoms with Crippen molar-refractivity contribution in [3.8, 4) is 11.5 Å². The molecule has 0 radical (unpaired) electrons. The van der Waals surface area contributed by atoms with Gasteiger partial charge in [-0.1, -0.05) is 12.1 Å². The minimum absolute atomic E-state index is 0.168. The van der Waals surface area contributed by atoms with E-state index >= 15 is 0 Å². The Kier molecular flexibility index (Phi) is 3.39. The van der Waals surface area contributed by atoms with Crippen molar-refractivity contribution in [2.75, 3.05) is 26.9 Å².